The molecular weight excluding hydrogens is 218 g/mol. The van der Waals surface area contributed by atoms with Gasteiger partial charge in [0.25, 0.3) is 0 Å². The third-order valence-electron chi connectivity index (χ3n) is 2.34. The van der Waals surface area contributed by atoms with Crippen LogP contribution in [-0.2, 0) is 9.53 Å². The minimum Gasteiger partial charge on any atom is -0.494 e. The van der Waals surface area contributed by atoms with Gasteiger partial charge < -0.3 is 9.47 Å². The lowest BCUT2D eigenvalue weighted by atomic mass is 10.1. The molecule has 4 heteroatoms. The number of methoxy groups -OCH3 is 1. The van der Waals surface area contributed by atoms with Crippen molar-refractivity contribution in [1.82, 2.24) is 0 Å². The van der Waals surface area contributed by atoms with E-state index in [9.17, 15) is 4.79 Å². The van der Waals surface area contributed by atoms with E-state index in [1.807, 2.05) is 13.0 Å². The zero-order valence-electron chi connectivity index (χ0n) is 10.0. The number of nitrogens with zero attached hydrogens (tertiary/aromatic N) is 1. The molecule has 0 aliphatic rings. The number of nitriles is 1. The Morgan fingerprint density at radius 2 is 2.24 bits per heavy atom. The average molecular weight is 233 g/mol. The molecular formula is C13H15NO3. The van der Waals surface area contributed by atoms with Crippen molar-refractivity contribution in [3.05, 3.63) is 29.3 Å². The van der Waals surface area contributed by atoms with E-state index >= 15 is 0 Å². The van der Waals surface area contributed by atoms with Crippen LogP contribution in [0.3, 0.4) is 0 Å². The third kappa shape index (κ3) is 4.15. The molecule has 0 amide bonds. The van der Waals surface area contributed by atoms with Gasteiger partial charge in [0, 0.05) is 6.42 Å². The van der Waals surface area contributed by atoms with Crippen LogP contribution in [0.2, 0.25) is 0 Å². The van der Waals surface area contributed by atoms with Crippen molar-refractivity contribution in [3.63, 3.8) is 0 Å². The Hall–Kier alpha value is -2.02. The van der Waals surface area contributed by atoms with E-state index in [0.717, 1.165) is 5.56 Å². The van der Waals surface area contributed by atoms with Crippen molar-refractivity contribution in [1.29, 1.82) is 5.26 Å². The Morgan fingerprint density at radius 1 is 1.47 bits per heavy atom. The number of esters is 1. The van der Waals surface area contributed by atoms with E-state index in [-0.39, 0.29) is 5.97 Å². The minimum absolute atomic E-state index is 0.232. The van der Waals surface area contributed by atoms with Crippen molar-refractivity contribution < 1.29 is 14.3 Å². The highest BCUT2D eigenvalue weighted by molar-refractivity contribution is 5.69. The normalized spacial score (nSPS) is 9.47. The molecule has 0 saturated carbocycles. The molecule has 1 aromatic rings. The van der Waals surface area contributed by atoms with E-state index in [4.69, 9.17) is 10.00 Å². The molecule has 1 aromatic carbocycles. The van der Waals surface area contributed by atoms with Crippen molar-refractivity contribution in [2.75, 3.05) is 13.7 Å². The maximum Gasteiger partial charge on any atom is 0.305 e. The third-order valence-corrected chi connectivity index (χ3v) is 2.34. The lowest BCUT2D eigenvalue weighted by molar-refractivity contribution is -0.140. The molecule has 1 rings (SSSR count). The first-order chi connectivity index (χ1) is 8.17. The summed E-state index contributed by atoms with van der Waals surface area (Å²) in [6, 6.07) is 7.39. The first-order valence-electron chi connectivity index (χ1n) is 5.37. The molecule has 4 nitrogen and oxygen atoms in total. The van der Waals surface area contributed by atoms with Crippen LogP contribution in [0.4, 0.5) is 0 Å². The Balaban J connectivity index is 2.40. The second kappa shape index (κ2) is 6.54. The lowest BCUT2D eigenvalue weighted by Crippen LogP contribution is -2.04. The van der Waals surface area contributed by atoms with E-state index < -0.39 is 0 Å². The van der Waals surface area contributed by atoms with Gasteiger partial charge >= 0.3 is 5.97 Å². The number of rotatable bonds is 5. The van der Waals surface area contributed by atoms with Gasteiger partial charge in [0.15, 0.2) is 0 Å². The number of carbonyl (C=O) groups is 1. The second-order valence-electron chi connectivity index (χ2n) is 3.62. The second-order valence-corrected chi connectivity index (χ2v) is 3.62. The molecule has 0 N–H and O–H groups in total. The molecule has 0 radical (unpaired) electrons. The summed E-state index contributed by atoms with van der Waals surface area (Å²) in [7, 11) is 1.37. The van der Waals surface area contributed by atoms with Crippen LogP contribution in [0.5, 0.6) is 5.75 Å². The zero-order valence-corrected chi connectivity index (χ0v) is 10.0. The fourth-order valence-corrected chi connectivity index (χ4v) is 1.36. The van der Waals surface area contributed by atoms with E-state index in [1.54, 1.807) is 12.1 Å². The number of carbonyl (C=O) groups excluding carboxylic acids is 1. The summed E-state index contributed by atoms with van der Waals surface area (Å²) in [5.41, 5.74) is 1.53. The summed E-state index contributed by atoms with van der Waals surface area (Å²) in [6.07, 6.45) is 0.970. The molecule has 90 valence electrons. The molecule has 0 atom stereocenters. The van der Waals surface area contributed by atoms with Crippen molar-refractivity contribution >= 4 is 5.97 Å². The molecule has 0 aliphatic heterocycles. The van der Waals surface area contributed by atoms with Crippen LogP contribution in [0.15, 0.2) is 18.2 Å². The van der Waals surface area contributed by atoms with Crippen LogP contribution in [0.25, 0.3) is 0 Å². The Bertz CT molecular complexity index is 435. The first kappa shape index (κ1) is 13.0. The maximum atomic E-state index is 10.8. The number of hydrogen-bond acceptors (Lipinski definition) is 4. The standard InChI is InChI=1S/C13H15NO3/c1-10-8-12(6-5-11(10)9-14)17-7-3-4-13(15)16-2/h5-6,8H,3-4,7H2,1-2H3. The zero-order chi connectivity index (χ0) is 12.7. The number of hydrogen-bond donors (Lipinski definition) is 0. The smallest absolute Gasteiger partial charge is 0.305 e. The van der Waals surface area contributed by atoms with Gasteiger partial charge in [0.2, 0.25) is 0 Å². The topological polar surface area (TPSA) is 59.3 Å². The van der Waals surface area contributed by atoms with Gasteiger partial charge in [0.1, 0.15) is 5.75 Å². The van der Waals surface area contributed by atoms with Crippen molar-refractivity contribution in [2.45, 2.75) is 19.8 Å². The van der Waals surface area contributed by atoms with Crippen LogP contribution in [0.1, 0.15) is 24.0 Å². The molecule has 0 heterocycles. The highest BCUT2D eigenvalue weighted by Gasteiger charge is 2.02. The molecule has 0 aliphatic carbocycles. The highest BCUT2D eigenvalue weighted by atomic mass is 16.5. The summed E-state index contributed by atoms with van der Waals surface area (Å²) in [5.74, 6) is 0.482. The Kier molecular flexibility index (Phi) is 5.02. The van der Waals surface area contributed by atoms with E-state index in [2.05, 4.69) is 10.8 Å². The number of ether oxygens (including phenoxy) is 2. The predicted molar refractivity (Wildman–Crippen MR) is 62.6 cm³/mol. The molecule has 0 spiro atoms. The number of aryl methyl sites for hydroxylation is 1. The molecule has 17 heavy (non-hydrogen) atoms. The van der Waals surface area contributed by atoms with Crippen molar-refractivity contribution in [3.8, 4) is 11.8 Å². The minimum atomic E-state index is -0.232. The lowest BCUT2D eigenvalue weighted by Gasteiger charge is -2.07. The van der Waals surface area contributed by atoms with Gasteiger partial charge in [-0.3, -0.25) is 4.79 Å². The van der Waals surface area contributed by atoms with Crippen LogP contribution in [0, 0.1) is 18.3 Å². The fraction of sp³-hybridized carbons (Fsp3) is 0.385. The quantitative estimate of drug-likeness (QED) is 0.577. The molecule has 0 unspecified atom stereocenters. The summed E-state index contributed by atoms with van der Waals surface area (Å²) < 4.78 is 9.99. The molecule has 0 bridgehead atoms. The summed E-state index contributed by atoms with van der Waals surface area (Å²) >= 11 is 0. The van der Waals surface area contributed by atoms with Gasteiger partial charge in [-0.15, -0.1) is 0 Å². The predicted octanol–water partition coefficient (Wildman–Crippen LogP) is 2.20. The molecule has 0 saturated heterocycles. The Morgan fingerprint density at radius 3 is 2.82 bits per heavy atom. The number of benzene rings is 1. The molecule has 0 fully saturated rings. The van der Waals surface area contributed by atoms with Crippen molar-refractivity contribution in [2.24, 2.45) is 0 Å². The van der Waals surface area contributed by atoms with Gasteiger partial charge in [0.05, 0.1) is 25.3 Å². The molecule has 0 aromatic heterocycles. The van der Waals surface area contributed by atoms with E-state index in [0.29, 0.717) is 30.8 Å². The largest absolute Gasteiger partial charge is 0.494 e. The van der Waals surface area contributed by atoms with Crippen LogP contribution >= 0.6 is 0 Å². The maximum absolute atomic E-state index is 10.8. The van der Waals surface area contributed by atoms with E-state index in [1.165, 1.54) is 7.11 Å². The highest BCUT2D eigenvalue weighted by Crippen LogP contribution is 2.16. The monoisotopic (exact) mass is 233 g/mol. The average Bonchev–Trinajstić information content (AvgIpc) is 2.34. The van der Waals surface area contributed by atoms with Gasteiger partial charge in [-0.25, -0.2) is 0 Å². The Labute approximate surface area is 101 Å². The van der Waals surface area contributed by atoms with Gasteiger partial charge in [-0.2, -0.15) is 5.26 Å². The summed E-state index contributed by atoms with van der Waals surface area (Å²) in [4.78, 5) is 10.8. The fourth-order valence-electron chi connectivity index (χ4n) is 1.36. The van der Waals surface area contributed by atoms with Crippen LogP contribution < -0.4 is 4.74 Å². The summed E-state index contributed by atoms with van der Waals surface area (Å²) in [6.45, 7) is 2.32. The first-order valence-corrected chi connectivity index (χ1v) is 5.37. The van der Waals surface area contributed by atoms with Gasteiger partial charge in [-0.05, 0) is 37.1 Å². The summed E-state index contributed by atoms with van der Waals surface area (Å²) in [5, 5.41) is 8.77. The SMILES string of the molecule is COC(=O)CCCOc1ccc(C#N)c(C)c1. The van der Waals surface area contributed by atoms with Gasteiger partial charge in [-0.1, -0.05) is 0 Å². The van der Waals surface area contributed by atoms with Crippen LogP contribution in [-0.4, -0.2) is 19.7 Å².